The molecular weight excluding hydrogens is 280 g/mol. The van der Waals surface area contributed by atoms with E-state index >= 15 is 0 Å². The molecule has 0 heterocycles. The van der Waals surface area contributed by atoms with Gasteiger partial charge in [0, 0.05) is 21.5 Å². The summed E-state index contributed by atoms with van der Waals surface area (Å²) in [6.45, 7) is 0.643. The maximum absolute atomic E-state index is 6.41. The number of hydrogen-bond donors (Lipinski definition) is 2. The lowest BCUT2D eigenvalue weighted by Gasteiger charge is -2.46. The number of hydrogen-bond acceptors (Lipinski definition) is 3. The molecule has 1 aromatic carbocycles. The van der Waals surface area contributed by atoms with Crippen LogP contribution in [0.25, 0.3) is 0 Å². The average molecular weight is 299 g/mol. The highest BCUT2D eigenvalue weighted by Gasteiger charge is 2.42. The second kappa shape index (κ2) is 4.96. The van der Waals surface area contributed by atoms with Gasteiger partial charge < -0.3 is 16.2 Å². The van der Waals surface area contributed by atoms with Crippen molar-refractivity contribution in [2.24, 2.45) is 16.9 Å². The molecular formula is C13H19BrN2O. The van der Waals surface area contributed by atoms with Crippen LogP contribution in [-0.2, 0) is 0 Å². The van der Waals surface area contributed by atoms with E-state index in [4.69, 9.17) is 16.2 Å². The topological polar surface area (TPSA) is 61.3 Å². The van der Waals surface area contributed by atoms with Gasteiger partial charge in [0.15, 0.2) is 0 Å². The van der Waals surface area contributed by atoms with Crippen molar-refractivity contribution in [2.75, 3.05) is 13.7 Å². The molecule has 0 aliphatic heterocycles. The zero-order chi connectivity index (χ0) is 12.5. The molecule has 4 heteroatoms. The minimum Gasteiger partial charge on any atom is -0.496 e. The molecule has 0 amide bonds. The van der Waals surface area contributed by atoms with E-state index in [1.807, 2.05) is 18.2 Å². The Kier molecular flexibility index (Phi) is 3.76. The fraction of sp³-hybridized carbons (Fsp3) is 0.538. The number of benzene rings is 1. The van der Waals surface area contributed by atoms with E-state index < -0.39 is 0 Å². The largest absolute Gasteiger partial charge is 0.496 e. The molecule has 2 rings (SSSR count). The lowest BCUT2D eigenvalue weighted by molar-refractivity contribution is 0.103. The molecule has 0 spiro atoms. The third-order valence-electron chi connectivity index (χ3n) is 3.94. The predicted octanol–water partition coefficient (Wildman–Crippen LogP) is 2.59. The van der Waals surface area contributed by atoms with Crippen molar-refractivity contribution >= 4 is 15.9 Å². The molecule has 1 saturated carbocycles. The predicted molar refractivity (Wildman–Crippen MR) is 73.0 cm³/mol. The van der Waals surface area contributed by atoms with E-state index in [9.17, 15) is 0 Å². The van der Waals surface area contributed by atoms with Gasteiger partial charge in [0.25, 0.3) is 0 Å². The molecule has 4 N–H and O–H groups in total. The van der Waals surface area contributed by atoms with Gasteiger partial charge in [-0.15, -0.1) is 0 Å². The van der Waals surface area contributed by atoms with Crippen LogP contribution in [0, 0.1) is 5.41 Å². The maximum atomic E-state index is 6.41. The molecule has 1 unspecified atom stereocenters. The van der Waals surface area contributed by atoms with Gasteiger partial charge in [0.05, 0.1) is 7.11 Å². The van der Waals surface area contributed by atoms with E-state index in [0.717, 1.165) is 28.6 Å². The molecule has 17 heavy (non-hydrogen) atoms. The smallest absolute Gasteiger partial charge is 0.123 e. The molecule has 94 valence electrons. The van der Waals surface area contributed by atoms with E-state index in [1.54, 1.807) is 7.11 Å². The summed E-state index contributed by atoms with van der Waals surface area (Å²) in [4.78, 5) is 0. The lowest BCUT2D eigenvalue weighted by atomic mass is 9.62. The number of rotatable bonds is 4. The second-order valence-electron chi connectivity index (χ2n) is 4.78. The maximum Gasteiger partial charge on any atom is 0.123 e. The van der Waals surface area contributed by atoms with Crippen molar-refractivity contribution < 1.29 is 4.74 Å². The van der Waals surface area contributed by atoms with Crippen LogP contribution in [0.15, 0.2) is 22.7 Å². The molecule has 0 radical (unpaired) electrons. The van der Waals surface area contributed by atoms with Crippen LogP contribution in [0.4, 0.5) is 0 Å². The fourth-order valence-electron chi connectivity index (χ4n) is 2.55. The molecule has 1 aliphatic rings. The number of methoxy groups -OCH3 is 1. The average Bonchev–Trinajstić information content (AvgIpc) is 2.28. The van der Waals surface area contributed by atoms with Crippen LogP contribution in [0.3, 0.4) is 0 Å². The quantitative estimate of drug-likeness (QED) is 0.898. The number of halogens is 1. The first-order valence-electron chi connectivity index (χ1n) is 5.92. The van der Waals surface area contributed by atoms with Crippen LogP contribution in [0.2, 0.25) is 0 Å². The molecule has 0 saturated heterocycles. The van der Waals surface area contributed by atoms with Gasteiger partial charge in [-0.05, 0) is 37.6 Å². The summed E-state index contributed by atoms with van der Waals surface area (Å²) in [5.41, 5.74) is 13.4. The minimum absolute atomic E-state index is 0.0475. The molecule has 3 nitrogen and oxygen atoms in total. The van der Waals surface area contributed by atoms with Gasteiger partial charge in [-0.3, -0.25) is 0 Å². The normalized spacial score (nSPS) is 19.5. The monoisotopic (exact) mass is 298 g/mol. The summed E-state index contributed by atoms with van der Waals surface area (Å²) in [5, 5.41) is 0. The van der Waals surface area contributed by atoms with Crippen molar-refractivity contribution in [1.82, 2.24) is 0 Å². The van der Waals surface area contributed by atoms with Crippen molar-refractivity contribution in [3.63, 3.8) is 0 Å². The zero-order valence-electron chi connectivity index (χ0n) is 10.1. The van der Waals surface area contributed by atoms with Gasteiger partial charge in [-0.2, -0.15) is 0 Å². The first-order chi connectivity index (χ1) is 8.13. The van der Waals surface area contributed by atoms with E-state index in [2.05, 4.69) is 15.9 Å². The van der Waals surface area contributed by atoms with Gasteiger partial charge in [-0.25, -0.2) is 0 Å². The minimum atomic E-state index is -0.0475. The molecule has 1 fully saturated rings. The Bertz CT molecular complexity index is 399. The first kappa shape index (κ1) is 12.9. The number of nitrogens with two attached hydrogens (primary N) is 2. The zero-order valence-corrected chi connectivity index (χ0v) is 11.7. The van der Waals surface area contributed by atoms with Crippen LogP contribution in [0.5, 0.6) is 5.75 Å². The molecule has 0 bridgehead atoms. The lowest BCUT2D eigenvalue weighted by Crippen LogP contribution is -2.46. The van der Waals surface area contributed by atoms with Crippen LogP contribution >= 0.6 is 15.9 Å². The Hall–Kier alpha value is -0.580. The fourth-order valence-corrected chi connectivity index (χ4v) is 2.93. The molecule has 0 aromatic heterocycles. The summed E-state index contributed by atoms with van der Waals surface area (Å²) in [6, 6.07) is 5.90. The van der Waals surface area contributed by atoms with Gasteiger partial charge in [0.2, 0.25) is 0 Å². The van der Waals surface area contributed by atoms with Crippen molar-refractivity contribution in [1.29, 1.82) is 0 Å². The van der Waals surface area contributed by atoms with Gasteiger partial charge in [0.1, 0.15) is 5.75 Å². The molecule has 1 aromatic rings. The van der Waals surface area contributed by atoms with E-state index in [0.29, 0.717) is 6.54 Å². The Balaban J connectivity index is 2.35. The van der Waals surface area contributed by atoms with Crippen molar-refractivity contribution in [3.05, 3.63) is 28.2 Å². The number of ether oxygens (including phenoxy) is 1. The van der Waals surface area contributed by atoms with Gasteiger partial charge in [-0.1, -0.05) is 22.4 Å². The Labute approximate surface area is 111 Å². The molecule has 1 atom stereocenters. The summed E-state index contributed by atoms with van der Waals surface area (Å²) in [7, 11) is 1.68. The SMILES string of the molecule is COc1ccc(Br)cc1C(N)C1(CN)CCC1. The molecule has 1 aliphatic carbocycles. The third-order valence-corrected chi connectivity index (χ3v) is 4.44. The Morgan fingerprint density at radius 3 is 2.65 bits per heavy atom. The van der Waals surface area contributed by atoms with Crippen molar-refractivity contribution in [3.8, 4) is 5.75 Å². The van der Waals surface area contributed by atoms with Gasteiger partial charge >= 0.3 is 0 Å². The Morgan fingerprint density at radius 2 is 2.18 bits per heavy atom. The third kappa shape index (κ3) is 2.21. The van der Waals surface area contributed by atoms with Crippen LogP contribution in [0.1, 0.15) is 30.9 Å². The summed E-state index contributed by atoms with van der Waals surface area (Å²) >= 11 is 3.48. The standard InChI is InChI=1S/C13H19BrN2O/c1-17-11-4-3-9(14)7-10(11)12(16)13(8-15)5-2-6-13/h3-4,7,12H,2,5-6,8,15-16H2,1H3. The Morgan fingerprint density at radius 1 is 1.47 bits per heavy atom. The first-order valence-corrected chi connectivity index (χ1v) is 6.71. The summed E-state index contributed by atoms with van der Waals surface area (Å²) < 4.78 is 6.41. The van der Waals surface area contributed by atoms with Crippen molar-refractivity contribution in [2.45, 2.75) is 25.3 Å². The highest BCUT2D eigenvalue weighted by atomic mass is 79.9. The highest BCUT2D eigenvalue weighted by molar-refractivity contribution is 9.10. The van der Waals surface area contributed by atoms with E-state index in [1.165, 1.54) is 6.42 Å². The second-order valence-corrected chi connectivity index (χ2v) is 5.70. The summed E-state index contributed by atoms with van der Waals surface area (Å²) in [5.74, 6) is 0.848. The highest BCUT2D eigenvalue weighted by Crippen LogP contribution is 2.50. The van der Waals surface area contributed by atoms with Crippen LogP contribution < -0.4 is 16.2 Å². The summed E-state index contributed by atoms with van der Waals surface area (Å²) in [6.07, 6.45) is 3.45. The van der Waals surface area contributed by atoms with Crippen LogP contribution in [-0.4, -0.2) is 13.7 Å². The van der Waals surface area contributed by atoms with E-state index in [-0.39, 0.29) is 11.5 Å².